The minimum Gasteiger partial charge on any atom is -0.384 e. The zero-order valence-electron chi connectivity index (χ0n) is 8.90. The fourth-order valence-corrected chi connectivity index (χ4v) is 1.47. The molecule has 0 aliphatic heterocycles. The van der Waals surface area contributed by atoms with Crippen LogP contribution in [-0.2, 0) is 0 Å². The van der Waals surface area contributed by atoms with Crippen molar-refractivity contribution in [2.45, 2.75) is 6.92 Å². The Balaban J connectivity index is 2.19. The van der Waals surface area contributed by atoms with Crippen molar-refractivity contribution in [3.63, 3.8) is 0 Å². The molecular weight excluding hydrogens is 244 g/mol. The first-order valence-electron chi connectivity index (χ1n) is 4.72. The number of nitrogen functional groups attached to an aromatic ring is 1. The van der Waals surface area contributed by atoms with Gasteiger partial charge in [0.1, 0.15) is 11.0 Å². The fourth-order valence-electron chi connectivity index (χ4n) is 1.25. The molecule has 0 atom stereocenters. The van der Waals surface area contributed by atoms with E-state index in [9.17, 15) is 4.79 Å². The van der Waals surface area contributed by atoms with Gasteiger partial charge >= 0.3 is 0 Å². The molecule has 0 saturated carbocycles. The summed E-state index contributed by atoms with van der Waals surface area (Å²) in [6.07, 6.45) is 0. The van der Waals surface area contributed by atoms with Gasteiger partial charge in [-0.15, -0.1) is 0 Å². The molecule has 0 radical (unpaired) electrons. The smallest absolute Gasteiger partial charge is 0.258 e. The average molecular weight is 253 g/mol. The van der Waals surface area contributed by atoms with Crippen molar-refractivity contribution in [3.05, 3.63) is 34.6 Å². The van der Waals surface area contributed by atoms with Crippen LogP contribution in [0, 0.1) is 6.92 Å². The number of hydrogen-bond acceptors (Lipinski definition) is 5. The molecule has 7 heteroatoms. The Morgan fingerprint density at radius 3 is 2.82 bits per heavy atom. The average Bonchev–Trinajstić information content (AvgIpc) is 2.62. The highest BCUT2D eigenvalue weighted by atomic mass is 35.5. The number of nitrogens with two attached hydrogens (primary N) is 1. The van der Waals surface area contributed by atoms with Crippen molar-refractivity contribution in [2.75, 3.05) is 11.1 Å². The van der Waals surface area contributed by atoms with Crippen molar-refractivity contribution in [2.24, 2.45) is 0 Å². The van der Waals surface area contributed by atoms with E-state index in [0.717, 1.165) is 0 Å². The Morgan fingerprint density at radius 2 is 2.24 bits per heavy atom. The first kappa shape index (κ1) is 11.4. The fraction of sp³-hybridized carbons (Fsp3) is 0.100. The van der Waals surface area contributed by atoms with Gasteiger partial charge in [0.05, 0.1) is 5.69 Å². The van der Waals surface area contributed by atoms with Gasteiger partial charge in [-0.25, -0.2) is 4.98 Å². The molecule has 17 heavy (non-hydrogen) atoms. The van der Waals surface area contributed by atoms with Gasteiger partial charge in [0.2, 0.25) is 5.88 Å². The lowest BCUT2D eigenvalue weighted by Crippen LogP contribution is -2.12. The molecular formula is C10H9ClN4O2. The van der Waals surface area contributed by atoms with E-state index in [1.807, 2.05) is 0 Å². The number of aryl methyl sites for hydroxylation is 1. The second-order valence-corrected chi connectivity index (χ2v) is 3.78. The van der Waals surface area contributed by atoms with Crippen LogP contribution in [-0.4, -0.2) is 16.0 Å². The summed E-state index contributed by atoms with van der Waals surface area (Å²) in [5, 5.41) is 6.33. The van der Waals surface area contributed by atoms with Crippen LogP contribution in [0.1, 0.15) is 16.1 Å². The van der Waals surface area contributed by atoms with Gasteiger partial charge in [-0.05, 0) is 19.1 Å². The summed E-state index contributed by atoms with van der Waals surface area (Å²) in [5.74, 6) is 0.0487. The second kappa shape index (κ2) is 4.42. The van der Waals surface area contributed by atoms with Crippen molar-refractivity contribution < 1.29 is 9.32 Å². The SMILES string of the molecule is Cc1cc(NC(=O)c2cc(N)nc(Cl)c2)on1. The van der Waals surface area contributed by atoms with Gasteiger partial charge in [-0.1, -0.05) is 16.8 Å². The summed E-state index contributed by atoms with van der Waals surface area (Å²) >= 11 is 5.69. The van der Waals surface area contributed by atoms with E-state index >= 15 is 0 Å². The van der Waals surface area contributed by atoms with Crippen LogP contribution < -0.4 is 11.1 Å². The van der Waals surface area contributed by atoms with Crippen LogP contribution >= 0.6 is 11.6 Å². The topological polar surface area (TPSA) is 94.0 Å². The van der Waals surface area contributed by atoms with E-state index < -0.39 is 5.91 Å². The maximum absolute atomic E-state index is 11.8. The molecule has 88 valence electrons. The molecule has 0 bridgehead atoms. The molecule has 2 aromatic rings. The molecule has 1 amide bonds. The molecule has 0 fully saturated rings. The Morgan fingerprint density at radius 1 is 1.47 bits per heavy atom. The third-order valence-electron chi connectivity index (χ3n) is 1.94. The van der Waals surface area contributed by atoms with Crippen LogP contribution in [0.15, 0.2) is 22.7 Å². The van der Waals surface area contributed by atoms with Crippen LogP contribution in [0.5, 0.6) is 0 Å². The summed E-state index contributed by atoms with van der Waals surface area (Å²) in [6.45, 7) is 1.75. The minimum atomic E-state index is -0.392. The van der Waals surface area contributed by atoms with Gasteiger partial charge in [-0.2, -0.15) is 0 Å². The Bertz CT molecular complexity index is 547. The molecule has 0 aromatic carbocycles. The maximum Gasteiger partial charge on any atom is 0.258 e. The number of amides is 1. The lowest BCUT2D eigenvalue weighted by atomic mass is 10.2. The lowest BCUT2D eigenvalue weighted by molar-refractivity contribution is 0.102. The minimum absolute atomic E-state index is 0.156. The van der Waals surface area contributed by atoms with Gasteiger partial charge in [0.25, 0.3) is 5.91 Å². The normalized spacial score (nSPS) is 10.2. The highest BCUT2D eigenvalue weighted by Gasteiger charge is 2.11. The molecule has 3 N–H and O–H groups in total. The van der Waals surface area contributed by atoms with Gasteiger partial charge in [-0.3, -0.25) is 10.1 Å². The van der Waals surface area contributed by atoms with E-state index in [1.165, 1.54) is 12.1 Å². The molecule has 2 heterocycles. The third-order valence-corrected chi connectivity index (χ3v) is 2.13. The maximum atomic E-state index is 11.8. The van der Waals surface area contributed by atoms with E-state index in [0.29, 0.717) is 11.3 Å². The first-order chi connectivity index (χ1) is 8.04. The number of carbonyl (C=O) groups excluding carboxylic acids is 1. The summed E-state index contributed by atoms with van der Waals surface area (Å²) in [5.41, 5.74) is 6.46. The number of anilines is 2. The second-order valence-electron chi connectivity index (χ2n) is 3.39. The number of halogens is 1. The number of hydrogen-bond donors (Lipinski definition) is 2. The summed E-state index contributed by atoms with van der Waals surface area (Å²) < 4.78 is 4.86. The molecule has 0 aliphatic rings. The van der Waals surface area contributed by atoms with E-state index in [-0.39, 0.29) is 16.9 Å². The zero-order chi connectivity index (χ0) is 12.4. The van der Waals surface area contributed by atoms with Crippen LogP contribution in [0.4, 0.5) is 11.7 Å². The predicted octanol–water partition coefficient (Wildman–Crippen LogP) is 1.87. The summed E-state index contributed by atoms with van der Waals surface area (Å²) in [7, 11) is 0. The molecule has 0 unspecified atom stereocenters. The molecule has 0 aliphatic carbocycles. The lowest BCUT2D eigenvalue weighted by Gasteiger charge is -2.02. The highest BCUT2D eigenvalue weighted by molar-refractivity contribution is 6.30. The predicted molar refractivity (Wildman–Crippen MR) is 62.9 cm³/mol. The molecule has 0 spiro atoms. The Kier molecular flexibility index (Phi) is 2.97. The zero-order valence-corrected chi connectivity index (χ0v) is 9.65. The van der Waals surface area contributed by atoms with Gasteiger partial charge in [0.15, 0.2) is 0 Å². The highest BCUT2D eigenvalue weighted by Crippen LogP contribution is 2.15. The Hall–Kier alpha value is -2.08. The largest absolute Gasteiger partial charge is 0.384 e. The van der Waals surface area contributed by atoms with E-state index in [4.69, 9.17) is 21.9 Å². The number of rotatable bonds is 2. The quantitative estimate of drug-likeness (QED) is 0.796. The number of carbonyl (C=O) groups is 1. The molecule has 0 saturated heterocycles. The standard InChI is InChI=1S/C10H9ClN4O2/c1-5-2-9(17-15-5)14-10(16)6-3-7(11)13-8(12)4-6/h2-4H,1H3,(H2,12,13)(H,14,16). The number of aromatic nitrogens is 2. The molecule has 2 aromatic heterocycles. The van der Waals surface area contributed by atoms with Crippen molar-refractivity contribution in [1.29, 1.82) is 0 Å². The Labute approximate surface area is 102 Å². The van der Waals surface area contributed by atoms with Crippen LogP contribution in [0.2, 0.25) is 5.15 Å². The summed E-state index contributed by atoms with van der Waals surface area (Å²) in [4.78, 5) is 15.5. The van der Waals surface area contributed by atoms with Crippen LogP contribution in [0.3, 0.4) is 0 Å². The number of pyridine rings is 1. The monoisotopic (exact) mass is 252 g/mol. The van der Waals surface area contributed by atoms with E-state index in [2.05, 4.69) is 15.5 Å². The van der Waals surface area contributed by atoms with E-state index in [1.54, 1.807) is 13.0 Å². The first-order valence-corrected chi connectivity index (χ1v) is 5.10. The van der Waals surface area contributed by atoms with Gasteiger partial charge < -0.3 is 10.3 Å². The van der Waals surface area contributed by atoms with Crippen LogP contribution in [0.25, 0.3) is 0 Å². The van der Waals surface area contributed by atoms with Crippen molar-refractivity contribution >= 4 is 29.2 Å². The third kappa shape index (κ3) is 2.73. The molecule has 6 nitrogen and oxygen atoms in total. The molecule has 2 rings (SSSR count). The van der Waals surface area contributed by atoms with Crippen molar-refractivity contribution in [3.8, 4) is 0 Å². The number of nitrogens with zero attached hydrogens (tertiary/aromatic N) is 2. The van der Waals surface area contributed by atoms with Gasteiger partial charge in [0, 0.05) is 11.6 Å². The summed E-state index contributed by atoms with van der Waals surface area (Å²) in [6, 6.07) is 4.44. The van der Waals surface area contributed by atoms with Crippen molar-refractivity contribution in [1.82, 2.24) is 10.1 Å². The number of nitrogens with one attached hydrogen (secondary N) is 1.